The molecule has 0 radical (unpaired) electrons. The van der Waals surface area contributed by atoms with E-state index in [0.717, 1.165) is 59.2 Å². The Labute approximate surface area is 252 Å². The Kier molecular flexibility index (Phi) is 14.1. The minimum atomic E-state index is -2.96. The Bertz CT molecular complexity index is 1330. The van der Waals surface area contributed by atoms with E-state index in [9.17, 15) is 8.78 Å². The molecule has 0 unspecified atom stereocenters. The topological polar surface area (TPSA) is 45.5 Å². The molecule has 224 valence electrons. The normalized spacial score (nSPS) is 12.3. The third-order valence-corrected chi connectivity index (χ3v) is 7.22. The van der Waals surface area contributed by atoms with Crippen molar-refractivity contribution in [2.75, 3.05) is 19.8 Å². The number of aryl methyl sites for hydroxylation is 2. The van der Waals surface area contributed by atoms with Gasteiger partial charge in [0.15, 0.2) is 0 Å². The largest absolute Gasteiger partial charge is 0.491 e. The first-order valence-electron chi connectivity index (χ1n) is 14.1. The van der Waals surface area contributed by atoms with Crippen LogP contribution in [0.1, 0.15) is 49.2 Å². The molecule has 0 spiro atoms. The fourth-order valence-corrected chi connectivity index (χ4v) is 5.02. The van der Waals surface area contributed by atoms with Crippen molar-refractivity contribution in [3.8, 4) is 5.75 Å². The van der Waals surface area contributed by atoms with Gasteiger partial charge in [0, 0.05) is 29.4 Å². The highest BCUT2D eigenvalue weighted by molar-refractivity contribution is 7.98. The highest BCUT2D eigenvalue weighted by Gasteiger charge is 2.09. The van der Waals surface area contributed by atoms with Crippen molar-refractivity contribution < 1.29 is 23.0 Å². The van der Waals surface area contributed by atoms with Crippen molar-refractivity contribution in [3.05, 3.63) is 114 Å². The summed E-state index contributed by atoms with van der Waals surface area (Å²) in [6, 6.07) is 15.6. The number of rotatable bonds is 18. The van der Waals surface area contributed by atoms with Crippen LogP contribution in [-0.4, -0.2) is 36.0 Å². The van der Waals surface area contributed by atoms with Crippen LogP contribution >= 0.6 is 11.8 Å². The zero-order valence-electron chi connectivity index (χ0n) is 24.6. The molecular formula is C34H40F2N2O3S. The van der Waals surface area contributed by atoms with E-state index in [1.807, 2.05) is 61.8 Å². The van der Waals surface area contributed by atoms with E-state index in [1.165, 1.54) is 11.8 Å². The molecule has 0 amide bonds. The van der Waals surface area contributed by atoms with Crippen molar-refractivity contribution in [1.82, 2.24) is 9.55 Å². The minimum absolute atomic E-state index is 0.00392. The molecule has 0 saturated carbocycles. The van der Waals surface area contributed by atoms with E-state index >= 15 is 0 Å². The Morgan fingerprint density at radius 1 is 0.952 bits per heavy atom. The molecule has 3 aromatic rings. The highest BCUT2D eigenvalue weighted by Crippen LogP contribution is 2.26. The lowest BCUT2D eigenvalue weighted by atomic mass is 10.1. The number of alkyl halides is 2. The van der Waals surface area contributed by atoms with Crippen LogP contribution in [0.5, 0.6) is 5.75 Å². The summed E-state index contributed by atoms with van der Waals surface area (Å²) < 4.78 is 44.3. The lowest BCUT2D eigenvalue weighted by Gasteiger charge is -2.09. The molecule has 0 aliphatic rings. The van der Waals surface area contributed by atoms with Crippen molar-refractivity contribution in [2.45, 2.75) is 57.4 Å². The summed E-state index contributed by atoms with van der Waals surface area (Å²) in [6.07, 6.45) is 12.4. The predicted molar refractivity (Wildman–Crippen MR) is 169 cm³/mol. The summed E-state index contributed by atoms with van der Waals surface area (Å²) in [5.74, 6) is 1.57. The second-order valence-corrected chi connectivity index (χ2v) is 10.5. The molecule has 2 aromatic carbocycles. The van der Waals surface area contributed by atoms with Crippen molar-refractivity contribution in [2.24, 2.45) is 0 Å². The average molecular weight is 595 g/mol. The van der Waals surface area contributed by atoms with Gasteiger partial charge in [-0.25, -0.2) is 4.98 Å². The van der Waals surface area contributed by atoms with E-state index in [2.05, 4.69) is 42.1 Å². The fraction of sp³-hybridized carbons (Fsp3) is 0.324. The van der Waals surface area contributed by atoms with Crippen LogP contribution < -0.4 is 4.74 Å². The number of thioether (sulfide) groups is 1. The third-order valence-electron chi connectivity index (χ3n) is 6.20. The zero-order chi connectivity index (χ0) is 30.2. The van der Waals surface area contributed by atoms with Gasteiger partial charge in [0.25, 0.3) is 0 Å². The molecular weight excluding hydrogens is 554 g/mol. The summed E-state index contributed by atoms with van der Waals surface area (Å²) >= 11 is 1.76. The smallest absolute Gasteiger partial charge is 0.387 e. The quantitative estimate of drug-likeness (QED) is 0.0636. The second kappa shape index (κ2) is 18.0. The number of hydrogen-bond donors (Lipinski definition) is 0. The molecule has 0 aliphatic heterocycles. The lowest BCUT2D eigenvalue weighted by Crippen LogP contribution is -2.06. The Balaban J connectivity index is 1.68. The molecule has 0 saturated heterocycles. The Morgan fingerprint density at radius 2 is 1.62 bits per heavy atom. The fourth-order valence-electron chi connectivity index (χ4n) is 4.02. The maximum absolute atomic E-state index is 13.1. The number of benzene rings is 2. The van der Waals surface area contributed by atoms with E-state index in [1.54, 1.807) is 23.9 Å². The van der Waals surface area contributed by atoms with Crippen LogP contribution in [0.15, 0.2) is 95.9 Å². The molecule has 0 aliphatic carbocycles. The second-order valence-electron chi connectivity index (χ2n) is 9.43. The molecule has 0 bridgehead atoms. The van der Waals surface area contributed by atoms with Gasteiger partial charge in [-0.3, -0.25) is 0 Å². The summed E-state index contributed by atoms with van der Waals surface area (Å²) in [5, 5.41) is 0. The first kappa shape index (κ1) is 32.9. The number of imidazole rings is 1. The molecule has 5 nitrogen and oxygen atoms in total. The minimum Gasteiger partial charge on any atom is -0.491 e. The van der Waals surface area contributed by atoms with Gasteiger partial charge in [-0.1, -0.05) is 69.0 Å². The average Bonchev–Trinajstić information content (AvgIpc) is 3.34. The summed E-state index contributed by atoms with van der Waals surface area (Å²) in [5.41, 5.74) is 4.58. The molecule has 0 fully saturated rings. The molecule has 0 atom stereocenters. The number of nitrogens with zero attached hydrogens (tertiary/aromatic N) is 2. The van der Waals surface area contributed by atoms with E-state index in [0.29, 0.717) is 18.8 Å². The van der Waals surface area contributed by atoms with Crippen LogP contribution in [-0.2, 0) is 21.8 Å². The lowest BCUT2D eigenvalue weighted by molar-refractivity contribution is -0.0924. The first-order valence-corrected chi connectivity index (χ1v) is 15.1. The van der Waals surface area contributed by atoms with E-state index < -0.39 is 6.61 Å². The highest BCUT2D eigenvalue weighted by atomic mass is 32.2. The van der Waals surface area contributed by atoms with Crippen LogP contribution in [0.3, 0.4) is 0 Å². The van der Waals surface area contributed by atoms with Crippen LogP contribution in [0.25, 0.3) is 12.2 Å². The maximum atomic E-state index is 13.1. The predicted octanol–water partition coefficient (Wildman–Crippen LogP) is 9.11. The van der Waals surface area contributed by atoms with Crippen molar-refractivity contribution in [1.29, 1.82) is 0 Å². The van der Waals surface area contributed by atoms with Gasteiger partial charge in [-0.15, -0.1) is 11.8 Å². The maximum Gasteiger partial charge on any atom is 0.387 e. The number of halogens is 2. The zero-order valence-corrected chi connectivity index (χ0v) is 25.4. The summed E-state index contributed by atoms with van der Waals surface area (Å²) in [7, 11) is 0. The molecule has 1 heterocycles. The van der Waals surface area contributed by atoms with Crippen LogP contribution in [0.2, 0.25) is 0 Å². The van der Waals surface area contributed by atoms with E-state index in [-0.39, 0.29) is 5.76 Å². The summed E-state index contributed by atoms with van der Waals surface area (Å²) in [4.78, 5) is 5.59. The Morgan fingerprint density at radius 3 is 2.21 bits per heavy atom. The molecule has 0 N–H and O–H groups in total. The van der Waals surface area contributed by atoms with Gasteiger partial charge in [0.1, 0.15) is 18.1 Å². The third kappa shape index (κ3) is 11.0. The van der Waals surface area contributed by atoms with Gasteiger partial charge < -0.3 is 18.8 Å². The molecule has 3 rings (SSSR count). The van der Waals surface area contributed by atoms with E-state index in [4.69, 9.17) is 14.2 Å². The monoisotopic (exact) mass is 594 g/mol. The number of allylic oxidation sites excluding steroid dienone is 4. The summed E-state index contributed by atoms with van der Waals surface area (Å²) in [6.45, 7) is 9.66. The van der Waals surface area contributed by atoms with Crippen LogP contribution in [0.4, 0.5) is 8.78 Å². The van der Waals surface area contributed by atoms with Crippen molar-refractivity contribution >= 4 is 23.9 Å². The van der Waals surface area contributed by atoms with Crippen molar-refractivity contribution in [3.63, 3.8) is 0 Å². The standard InChI is InChI=1S/C34H40F2N2O3S/c1-5-20-38-25-37-26(4)32(38)24-42-31-18-12-28(13-19-31)9-15-29(33(7-3)41-34(35)36)14-8-27-10-16-30(17-11-27)40-23-22-39-21-6-2/h7-19,25,34H,3,5-6,20-24H2,1-2,4H3/b14-8+,15-9+,33-29-. The van der Waals surface area contributed by atoms with Gasteiger partial charge in [0.05, 0.1) is 24.3 Å². The molecule has 1 aromatic heterocycles. The number of ether oxygens (including phenoxy) is 3. The number of aromatic nitrogens is 2. The van der Waals surface area contributed by atoms with Crippen LogP contribution in [0, 0.1) is 6.92 Å². The number of hydrogen-bond acceptors (Lipinski definition) is 5. The first-order chi connectivity index (χ1) is 20.4. The van der Waals surface area contributed by atoms with Gasteiger partial charge in [0.2, 0.25) is 0 Å². The van der Waals surface area contributed by atoms with Gasteiger partial charge >= 0.3 is 6.61 Å². The SMILES string of the molecule is C=C/C(OC(F)F)=C(\C=C\c1ccc(OCCOCCC)cc1)/C=C/c1ccc(SCc2c(C)ncn2CCC)cc1. The van der Waals surface area contributed by atoms with Gasteiger partial charge in [-0.2, -0.15) is 8.78 Å². The molecule has 42 heavy (non-hydrogen) atoms. The Hall–Kier alpha value is -3.62. The molecule has 8 heteroatoms. The van der Waals surface area contributed by atoms with Gasteiger partial charge in [-0.05, 0) is 61.2 Å².